The topological polar surface area (TPSA) is 92.7 Å². The molecule has 1 amide bonds. The Morgan fingerprint density at radius 2 is 2.04 bits per heavy atom. The fourth-order valence-electron chi connectivity index (χ4n) is 3.07. The number of aromatic nitrogens is 4. The standard InChI is InChI=1S/C18H16ClN5O2/c1-10-9-15(21-16(25)11-5-7-12(19)8-6-11)24(23-10)18-20-14-4-2-3-13(14)17(26)22-18/h5-9H,2-4H2,1H3,(H,21,25)(H,20,22,26). The molecule has 26 heavy (non-hydrogen) atoms. The second kappa shape index (κ2) is 6.42. The predicted molar refractivity (Wildman–Crippen MR) is 98.1 cm³/mol. The van der Waals surface area contributed by atoms with E-state index in [-0.39, 0.29) is 11.5 Å². The number of rotatable bonds is 3. The van der Waals surface area contributed by atoms with Gasteiger partial charge in [0.1, 0.15) is 5.82 Å². The van der Waals surface area contributed by atoms with Crippen LogP contribution in [0.4, 0.5) is 5.82 Å². The van der Waals surface area contributed by atoms with Crippen molar-refractivity contribution in [1.82, 2.24) is 19.7 Å². The molecule has 2 aromatic heterocycles. The van der Waals surface area contributed by atoms with Gasteiger partial charge in [-0.05, 0) is 50.5 Å². The zero-order valence-electron chi connectivity index (χ0n) is 14.0. The quantitative estimate of drug-likeness (QED) is 0.742. The van der Waals surface area contributed by atoms with Crippen LogP contribution in [0.3, 0.4) is 0 Å². The van der Waals surface area contributed by atoms with Crippen molar-refractivity contribution in [3.8, 4) is 5.95 Å². The largest absolute Gasteiger partial charge is 0.306 e. The highest BCUT2D eigenvalue weighted by Gasteiger charge is 2.20. The van der Waals surface area contributed by atoms with Gasteiger partial charge in [0.15, 0.2) is 0 Å². The zero-order chi connectivity index (χ0) is 18.3. The second-order valence-electron chi connectivity index (χ2n) is 6.21. The number of benzene rings is 1. The highest BCUT2D eigenvalue weighted by molar-refractivity contribution is 6.30. The highest BCUT2D eigenvalue weighted by atomic mass is 35.5. The lowest BCUT2D eigenvalue weighted by Gasteiger charge is -2.09. The Kier molecular flexibility index (Phi) is 4.08. The summed E-state index contributed by atoms with van der Waals surface area (Å²) in [6, 6.07) is 8.31. The van der Waals surface area contributed by atoms with E-state index >= 15 is 0 Å². The van der Waals surface area contributed by atoms with E-state index in [1.54, 1.807) is 37.3 Å². The SMILES string of the molecule is Cc1cc(NC(=O)c2ccc(Cl)cc2)n(-c2nc3c(c(=O)[nH]2)CCC3)n1. The summed E-state index contributed by atoms with van der Waals surface area (Å²) >= 11 is 5.86. The summed E-state index contributed by atoms with van der Waals surface area (Å²) in [6.07, 6.45) is 2.45. The summed E-state index contributed by atoms with van der Waals surface area (Å²) in [7, 11) is 0. The van der Waals surface area contributed by atoms with Crippen LogP contribution in [0.1, 0.15) is 33.7 Å². The monoisotopic (exact) mass is 369 g/mol. The van der Waals surface area contributed by atoms with Crippen LogP contribution in [0.15, 0.2) is 35.1 Å². The third-order valence-corrected chi connectivity index (χ3v) is 4.56. The van der Waals surface area contributed by atoms with Crippen molar-refractivity contribution in [2.24, 2.45) is 0 Å². The minimum Gasteiger partial charge on any atom is -0.306 e. The van der Waals surface area contributed by atoms with Gasteiger partial charge in [-0.2, -0.15) is 9.78 Å². The van der Waals surface area contributed by atoms with E-state index in [4.69, 9.17) is 11.6 Å². The normalized spacial score (nSPS) is 12.8. The number of nitrogens with zero attached hydrogens (tertiary/aromatic N) is 3. The van der Waals surface area contributed by atoms with Crippen molar-refractivity contribution in [3.05, 3.63) is 68.2 Å². The number of hydrogen-bond donors (Lipinski definition) is 2. The summed E-state index contributed by atoms with van der Waals surface area (Å²) in [6.45, 7) is 1.81. The Bertz CT molecular complexity index is 1050. The maximum atomic E-state index is 12.5. The number of halogens is 1. The molecule has 0 atom stereocenters. The first kappa shape index (κ1) is 16.5. The van der Waals surface area contributed by atoms with Gasteiger partial charge < -0.3 is 5.32 Å². The summed E-state index contributed by atoms with van der Waals surface area (Å²) < 4.78 is 1.45. The second-order valence-corrected chi connectivity index (χ2v) is 6.65. The number of carbonyl (C=O) groups excluding carboxylic acids is 1. The van der Waals surface area contributed by atoms with Crippen LogP contribution in [0, 0.1) is 6.92 Å². The van der Waals surface area contributed by atoms with Crippen LogP contribution in [0.2, 0.25) is 5.02 Å². The van der Waals surface area contributed by atoms with Crippen molar-refractivity contribution in [2.75, 3.05) is 5.32 Å². The Labute approximate surface area is 154 Å². The molecule has 0 unspecified atom stereocenters. The van der Waals surface area contributed by atoms with Gasteiger partial charge in [-0.3, -0.25) is 14.6 Å². The van der Waals surface area contributed by atoms with Crippen molar-refractivity contribution in [3.63, 3.8) is 0 Å². The molecular weight excluding hydrogens is 354 g/mol. The van der Waals surface area contributed by atoms with Crippen LogP contribution < -0.4 is 10.9 Å². The minimum atomic E-state index is -0.300. The molecule has 2 N–H and O–H groups in total. The van der Waals surface area contributed by atoms with Crippen LogP contribution in [0.25, 0.3) is 5.95 Å². The number of aromatic amines is 1. The Balaban J connectivity index is 1.69. The minimum absolute atomic E-state index is 0.148. The number of anilines is 1. The molecule has 0 aliphatic heterocycles. The van der Waals surface area contributed by atoms with E-state index < -0.39 is 0 Å². The molecule has 1 aliphatic rings. The van der Waals surface area contributed by atoms with Crippen molar-refractivity contribution in [1.29, 1.82) is 0 Å². The average molecular weight is 370 g/mol. The van der Waals surface area contributed by atoms with E-state index in [0.717, 1.165) is 30.5 Å². The summed E-state index contributed by atoms with van der Waals surface area (Å²) in [5, 5.41) is 7.72. The summed E-state index contributed by atoms with van der Waals surface area (Å²) in [4.78, 5) is 32.0. The number of amides is 1. The molecule has 3 aromatic rings. The van der Waals surface area contributed by atoms with E-state index in [9.17, 15) is 9.59 Å². The van der Waals surface area contributed by atoms with E-state index in [2.05, 4.69) is 20.4 Å². The molecule has 0 saturated carbocycles. The van der Waals surface area contributed by atoms with Crippen LogP contribution in [-0.2, 0) is 12.8 Å². The molecule has 7 nitrogen and oxygen atoms in total. The molecule has 0 radical (unpaired) electrons. The van der Waals surface area contributed by atoms with Crippen molar-refractivity contribution >= 4 is 23.3 Å². The zero-order valence-corrected chi connectivity index (χ0v) is 14.8. The van der Waals surface area contributed by atoms with Crippen LogP contribution in [-0.4, -0.2) is 25.7 Å². The number of hydrogen-bond acceptors (Lipinski definition) is 4. The molecule has 0 bridgehead atoms. The van der Waals surface area contributed by atoms with Gasteiger partial charge in [-0.25, -0.2) is 4.98 Å². The summed E-state index contributed by atoms with van der Waals surface area (Å²) in [5.41, 5.74) is 2.55. The van der Waals surface area contributed by atoms with Gasteiger partial charge in [-0.1, -0.05) is 11.6 Å². The van der Waals surface area contributed by atoms with Gasteiger partial charge >= 0.3 is 0 Å². The first-order valence-electron chi connectivity index (χ1n) is 8.27. The number of H-pyrrole nitrogens is 1. The lowest BCUT2D eigenvalue weighted by Crippen LogP contribution is -2.21. The fourth-order valence-corrected chi connectivity index (χ4v) is 3.19. The van der Waals surface area contributed by atoms with Gasteiger partial charge in [0.05, 0.1) is 11.4 Å². The number of nitrogens with one attached hydrogen (secondary N) is 2. The van der Waals surface area contributed by atoms with Crippen molar-refractivity contribution in [2.45, 2.75) is 26.2 Å². The van der Waals surface area contributed by atoms with Crippen LogP contribution in [0.5, 0.6) is 0 Å². The average Bonchev–Trinajstić information content (AvgIpc) is 3.22. The Hall–Kier alpha value is -2.93. The number of aryl methyl sites for hydroxylation is 2. The van der Waals surface area contributed by atoms with Crippen LogP contribution >= 0.6 is 11.6 Å². The number of fused-ring (bicyclic) bond motifs is 1. The van der Waals surface area contributed by atoms with Gasteiger partial charge in [-0.15, -0.1) is 0 Å². The first-order valence-corrected chi connectivity index (χ1v) is 8.65. The molecule has 4 rings (SSSR count). The Morgan fingerprint density at radius 1 is 1.27 bits per heavy atom. The smallest absolute Gasteiger partial charge is 0.256 e. The molecule has 132 valence electrons. The third kappa shape index (κ3) is 3.01. The maximum Gasteiger partial charge on any atom is 0.256 e. The van der Waals surface area contributed by atoms with Gasteiger partial charge in [0.2, 0.25) is 5.95 Å². The molecule has 0 spiro atoms. The molecule has 2 heterocycles. The lowest BCUT2D eigenvalue weighted by molar-refractivity contribution is 0.102. The molecule has 0 fully saturated rings. The molecule has 1 aliphatic carbocycles. The van der Waals surface area contributed by atoms with E-state index in [1.807, 2.05) is 0 Å². The molecule has 8 heteroatoms. The fraction of sp³-hybridized carbons (Fsp3) is 0.222. The molecular formula is C18H16ClN5O2. The molecule has 0 saturated heterocycles. The van der Waals surface area contributed by atoms with Gasteiger partial charge in [0.25, 0.3) is 11.5 Å². The lowest BCUT2D eigenvalue weighted by atomic mass is 10.2. The maximum absolute atomic E-state index is 12.5. The number of carbonyl (C=O) groups is 1. The Morgan fingerprint density at radius 3 is 2.81 bits per heavy atom. The van der Waals surface area contributed by atoms with Crippen molar-refractivity contribution < 1.29 is 4.79 Å². The van der Waals surface area contributed by atoms with E-state index in [0.29, 0.717) is 28.0 Å². The summed E-state index contributed by atoms with van der Waals surface area (Å²) in [5.74, 6) is 0.435. The van der Waals surface area contributed by atoms with E-state index in [1.165, 1.54) is 4.68 Å². The predicted octanol–water partition coefficient (Wildman–Crippen LogP) is 2.66. The third-order valence-electron chi connectivity index (χ3n) is 4.31. The molecule has 1 aromatic carbocycles. The van der Waals surface area contributed by atoms with Gasteiger partial charge in [0, 0.05) is 22.2 Å². The highest BCUT2D eigenvalue weighted by Crippen LogP contribution is 2.20. The first-order chi connectivity index (χ1) is 12.5.